The maximum atomic E-state index is 13.1. The first-order chi connectivity index (χ1) is 16.9. The second kappa shape index (κ2) is 11.0. The lowest BCUT2D eigenvalue weighted by Crippen LogP contribution is -2.40. The van der Waals surface area contributed by atoms with Gasteiger partial charge in [0, 0.05) is 19.3 Å². The molecule has 3 aromatic rings. The van der Waals surface area contributed by atoms with Crippen LogP contribution in [0.5, 0.6) is 0 Å². The predicted octanol–water partition coefficient (Wildman–Crippen LogP) is 6.51. The molecule has 1 aliphatic carbocycles. The first kappa shape index (κ1) is 24.8. The standard InChI is InChI=1S/C29H31F3N2O/c1-33-28(35)27(23-10-3-2-4-11-23)34(26-18-15-22-9-5-6-12-24(22)20-26)19-7-8-21-13-16-25(17-14-21)29(30,31)32/h2-4,10-11,13-18,20,27H,5-9,12,19H2,1H3,(H,33,35). The van der Waals surface area contributed by atoms with Crippen molar-refractivity contribution in [2.24, 2.45) is 0 Å². The Morgan fingerprint density at radius 3 is 2.29 bits per heavy atom. The third-order valence-electron chi connectivity index (χ3n) is 6.73. The number of hydrogen-bond acceptors (Lipinski definition) is 2. The highest BCUT2D eigenvalue weighted by atomic mass is 19.4. The lowest BCUT2D eigenvalue weighted by atomic mass is 9.91. The Labute approximate surface area is 205 Å². The van der Waals surface area contributed by atoms with E-state index in [0.717, 1.165) is 41.8 Å². The van der Waals surface area contributed by atoms with Crippen LogP contribution >= 0.6 is 0 Å². The SMILES string of the molecule is CNC(=O)C(c1ccccc1)N(CCCc1ccc(C(F)(F)F)cc1)c1ccc2c(c1)CCCC2. The molecule has 0 bridgehead atoms. The molecule has 1 aliphatic rings. The van der Waals surface area contributed by atoms with E-state index in [4.69, 9.17) is 0 Å². The number of carbonyl (C=O) groups excluding carboxylic acids is 1. The maximum Gasteiger partial charge on any atom is 0.416 e. The summed E-state index contributed by atoms with van der Waals surface area (Å²) >= 11 is 0. The molecule has 0 radical (unpaired) electrons. The van der Waals surface area contributed by atoms with E-state index in [0.29, 0.717) is 19.4 Å². The van der Waals surface area contributed by atoms with Crippen LogP contribution in [0.25, 0.3) is 0 Å². The number of aryl methyl sites for hydroxylation is 3. The third kappa shape index (κ3) is 6.05. The quantitative estimate of drug-likeness (QED) is 0.399. The summed E-state index contributed by atoms with van der Waals surface area (Å²) in [4.78, 5) is 15.3. The molecule has 0 fully saturated rings. The minimum absolute atomic E-state index is 0.0940. The van der Waals surface area contributed by atoms with Crippen molar-refractivity contribution in [1.82, 2.24) is 5.32 Å². The van der Waals surface area contributed by atoms with Crippen LogP contribution in [0.4, 0.5) is 18.9 Å². The van der Waals surface area contributed by atoms with Crippen LogP contribution in [-0.4, -0.2) is 19.5 Å². The Kier molecular flexibility index (Phi) is 7.79. The molecule has 1 atom stereocenters. The molecule has 35 heavy (non-hydrogen) atoms. The van der Waals surface area contributed by atoms with Crippen LogP contribution < -0.4 is 10.2 Å². The normalized spacial score (nSPS) is 14.2. The van der Waals surface area contributed by atoms with Gasteiger partial charge in [-0.25, -0.2) is 0 Å². The van der Waals surface area contributed by atoms with Crippen molar-refractivity contribution in [1.29, 1.82) is 0 Å². The van der Waals surface area contributed by atoms with E-state index in [1.54, 1.807) is 19.2 Å². The Morgan fingerprint density at radius 1 is 0.943 bits per heavy atom. The molecule has 184 valence electrons. The van der Waals surface area contributed by atoms with E-state index in [9.17, 15) is 18.0 Å². The van der Waals surface area contributed by atoms with Gasteiger partial charge in [0.15, 0.2) is 0 Å². The van der Waals surface area contributed by atoms with Gasteiger partial charge in [0.05, 0.1) is 5.56 Å². The summed E-state index contributed by atoms with van der Waals surface area (Å²) in [6, 6.07) is 21.0. The maximum absolute atomic E-state index is 13.1. The minimum Gasteiger partial charge on any atom is -0.357 e. The zero-order chi connectivity index (χ0) is 24.8. The van der Waals surface area contributed by atoms with Gasteiger partial charge >= 0.3 is 6.18 Å². The lowest BCUT2D eigenvalue weighted by Gasteiger charge is -2.34. The van der Waals surface area contributed by atoms with E-state index in [1.165, 1.54) is 24.0 Å². The van der Waals surface area contributed by atoms with Gasteiger partial charge in [0.1, 0.15) is 6.04 Å². The second-order valence-corrected chi connectivity index (χ2v) is 9.08. The monoisotopic (exact) mass is 480 g/mol. The van der Waals surface area contributed by atoms with E-state index in [2.05, 4.69) is 28.4 Å². The number of rotatable bonds is 8. The number of hydrogen-bond donors (Lipinski definition) is 1. The zero-order valence-electron chi connectivity index (χ0n) is 19.9. The summed E-state index contributed by atoms with van der Waals surface area (Å²) in [5.74, 6) is -0.0940. The third-order valence-corrected chi connectivity index (χ3v) is 6.73. The van der Waals surface area contributed by atoms with Gasteiger partial charge in [-0.1, -0.05) is 48.5 Å². The van der Waals surface area contributed by atoms with Gasteiger partial charge in [-0.05, 0) is 85.0 Å². The molecule has 1 N–H and O–H groups in total. The van der Waals surface area contributed by atoms with Gasteiger partial charge in [-0.3, -0.25) is 4.79 Å². The molecule has 6 heteroatoms. The number of halogens is 3. The molecule has 1 amide bonds. The molecule has 0 saturated carbocycles. The number of likely N-dealkylation sites (N-methyl/N-ethyl adjacent to an activating group) is 1. The summed E-state index contributed by atoms with van der Waals surface area (Å²) < 4.78 is 38.7. The molecular formula is C29H31F3N2O. The summed E-state index contributed by atoms with van der Waals surface area (Å²) in [5.41, 5.74) is 4.82. The molecular weight excluding hydrogens is 449 g/mol. The van der Waals surface area contributed by atoms with Crippen molar-refractivity contribution < 1.29 is 18.0 Å². The molecule has 4 rings (SSSR count). The largest absolute Gasteiger partial charge is 0.416 e. The molecule has 0 heterocycles. The fourth-order valence-corrected chi connectivity index (χ4v) is 4.86. The summed E-state index contributed by atoms with van der Waals surface area (Å²) in [6.07, 6.45) is 1.48. The van der Waals surface area contributed by atoms with Gasteiger partial charge < -0.3 is 10.2 Å². The van der Waals surface area contributed by atoms with Crippen molar-refractivity contribution in [2.75, 3.05) is 18.5 Å². The lowest BCUT2D eigenvalue weighted by molar-refractivity contribution is -0.137. The number of benzene rings is 3. The molecule has 0 saturated heterocycles. The molecule has 3 aromatic carbocycles. The van der Waals surface area contributed by atoms with Crippen molar-refractivity contribution in [3.05, 3.63) is 101 Å². The van der Waals surface area contributed by atoms with Crippen molar-refractivity contribution >= 4 is 11.6 Å². The number of anilines is 1. The summed E-state index contributed by atoms with van der Waals surface area (Å²) in [6.45, 7) is 0.590. The fourth-order valence-electron chi connectivity index (χ4n) is 4.86. The molecule has 0 spiro atoms. The van der Waals surface area contributed by atoms with Crippen molar-refractivity contribution in [3.63, 3.8) is 0 Å². The average molecular weight is 481 g/mol. The van der Waals surface area contributed by atoms with Crippen LogP contribution in [0.15, 0.2) is 72.8 Å². The van der Waals surface area contributed by atoms with Crippen LogP contribution in [0.3, 0.4) is 0 Å². The fraction of sp³-hybridized carbons (Fsp3) is 0.345. The molecule has 1 unspecified atom stereocenters. The molecule has 3 nitrogen and oxygen atoms in total. The Morgan fingerprint density at radius 2 is 1.63 bits per heavy atom. The Balaban J connectivity index is 1.60. The Bertz CT molecular complexity index is 1130. The number of nitrogens with one attached hydrogen (secondary N) is 1. The number of fused-ring (bicyclic) bond motifs is 1. The number of carbonyl (C=O) groups is 1. The van der Waals surface area contributed by atoms with Gasteiger partial charge in [0.25, 0.3) is 0 Å². The van der Waals surface area contributed by atoms with E-state index in [-0.39, 0.29) is 5.91 Å². The zero-order valence-corrected chi connectivity index (χ0v) is 19.9. The van der Waals surface area contributed by atoms with E-state index < -0.39 is 17.8 Å². The summed E-state index contributed by atoms with van der Waals surface area (Å²) in [5, 5.41) is 2.82. The first-order valence-corrected chi connectivity index (χ1v) is 12.2. The van der Waals surface area contributed by atoms with Crippen LogP contribution in [0.1, 0.15) is 53.1 Å². The average Bonchev–Trinajstić information content (AvgIpc) is 2.88. The van der Waals surface area contributed by atoms with E-state index >= 15 is 0 Å². The number of nitrogens with zero attached hydrogens (tertiary/aromatic N) is 1. The molecule has 0 aromatic heterocycles. The second-order valence-electron chi connectivity index (χ2n) is 9.08. The van der Waals surface area contributed by atoms with Crippen molar-refractivity contribution in [3.8, 4) is 0 Å². The minimum atomic E-state index is -4.34. The van der Waals surface area contributed by atoms with Crippen LogP contribution in [0.2, 0.25) is 0 Å². The topological polar surface area (TPSA) is 32.3 Å². The number of amides is 1. The number of alkyl halides is 3. The van der Waals surface area contributed by atoms with Gasteiger partial charge in [-0.2, -0.15) is 13.2 Å². The first-order valence-electron chi connectivity index (χ1n) is 12.2. The summed E-state index contributed by atoms with van der Waals surface area (Å²) in [7, 11) is 1.64. The highest BCUT2D eigenvalue weighted by Gasteiger charge is 2.30. The van der Waals surface area contributed by atoms with Crippen LogP contribution in [0, 0.1) is 0 Å². The predicted molar refractivity (Wildman–Crippen MR) is 133 cm³/mol. The highest BCUT2D eigenvalue weighted by Crippen LogP contribution is 2.33. The smallest absolute Gasteiger partial charge is 0.357 e. The van der Waals surface area contributed by atoms with Gasteiger partial charge in [-0.15, -0.1) is 0 Å². The molecule has 0 aliphatic heterocycles. The highest BCUT2D eigenvalue weighted by molar-refractivity contribution is 5.86. The van der Waals surface area contributed by atoms with E-state index in [1.807, 2.05) is 30.3 Å². The van der Waals surface area contributed by atoms with Gasteiger partial charge in [0.2, 0.25) is 5.91 Å². The van der Waals surface area contributed by atoms with Crippen LogP contribution in [-0.2, 0) is 30.2 Å². The Hall–Kier alpha value is -3.28. The van der Waals surface area contributed by atoms with Crippen molar-refractivity contribution in [2.45, 2.75) is 50.7 Å².